The second-order valence-electron chi connectivity index (χ2n) is 6.99. The normalized spacial score (nSPS) is 37.8. The van der Waals surface area contributed by atoms with Crippen molar-refractivity contribution in [1.29, 1.82) is 0 Å². The van der Waals surface area contributed by atoms with Crippen molar-refractivity contribution in [2.24, 2.45) is 11.3 Å². The first-order valence-electron chi connectivity index (χ1n) is 7.19. The fraction of sp³-hybridized carbons (Fsp3) is 0.647. The van der Waals surface area contributed by atoms with E-state index in [1.165, 1.54) is 19.3 Å². The first-order valence-corrected chi connectivity index (χ1v) is 7.62. The Morgan fingerprint density at radius 3 is 2.61 bits per heavy atom. The molecule has 3 rings (SSSR count). The molecule has 0 N–H and O–H groups in total. The molecule has 0 nitrogen and oxygen atoms in total. The smallest absolute Gasteiger partial charge is 0.0390 e. The van der Waals surface area contributed by atoms with Crippen LogP contribution in [0.2, 0.25) is 0 Å². The summed E-state index contributed by atoms with van der Waals surface area (Å²) < 4.78 is 0. The van der Waals surface area contributed by atoms with Gasteiger partial charge in [-0.2, -0.15) is 0 Å². The van der Waals surface area contributed by atoms with Gasteiger partial charge in [0.15, 0.2) is 0 Å². The van der Waals surface area contributed by atoms with Crippen molar-refractivity contribution in [3.63, 3.8) is 0 Å². The number of hydrogen-bond donors (Lipinski definition) is 0. The van der Waals surface area contributed by atoms with Crippen LogP contribution in [0, 0.1) is 11.3 Å². The number of fused-ring (bicyclic) bond motifs is 3. The van der Waals surface area contributed by atoms with E-state index in [-0.39, 0.29) is 5.41 Å². The zero-order valence-electron chi connectivity index (χ0n) is 11.7. The van der Waals surface area contributed by atoms with Gasteiger partial charge in [0.25, 0.3) is 0 Å². The summed E-state index contributed by atoms with van der Waals surface area (Å²) in [6.07, 6.45) is 4.91. The highest BCUT2D eigenvalue weighted by Gasteiger charge is 2.52. The lowest BCUT2D eigenvalue weighted by molar-refractivity contribution is 0.0449. The summed E-state index contributed by atoms with van der Waals surface area (Å²) >= 11 is 6.62. The molecule has 1 saturated carbocycles. The van der Waals surface area contributed by atoms with Crippen molar-refractivity contribution >= 4 is 11.6 Å². The van der Waals surface area contributed by atoms with Gasteiger partial charge >= 0.3 is 0 Å². The number of alkyl halides is 1. The van der Waals surface area contributed by atoms with Crippen molar-refractivity contribution in [3.05, 3.63) is 35.4 Å². The molecule has 0 saturated heterocycles. The molecule has 98 valence electrons. The van der Waals surface area contributed by atoms with E-state index in [0.717, 1.165) is 12.3 Å². The fourth-order valence-corrected chi connectivity index (χ4v) is 4.88. The Morgan fingerprint density at radius 1 is 1.11 bits per heavy atom. The number of halogens is 1. The Morgan fingerprint density at radius 2 is 1.83 bits per heavy atom. The van der Waals surface area contributed by atoms with Gasteiger partial charge in [-0.05, 0) is 53.6 Å². The summed E-state index contributed by atoms with van der Waals surface area (Å²) in [5.41, 5.74) is 3.75. The van der Waals surface area contributed by atoms with E-state index in [1.54, 1.807) is 11.1 Å². The van der Waals surface area contributed by atoms with E-state index in [4.69, 9.17) is 11.6 Å². The summed E-state index contributed by atoms with van der Waals surface area (Å²) in [6.45, 7) is 7.22. The maximum atomic E-state index is 6.62. The Labute approximate surface area is 116 Å². The molecule has 0 amide bonds. The molecule has 18 heavy (non-hydrogen) atoms. The summed E-state index contributed by atoms with van der Waals surface area (Å²) in [6, 6.07) is 9.05. The average molecular weight is 263 g/mol. The van der Waals surface area contributed by atoms with Crippen LogP contribution in [0.15, 0.2) is 24.3 Å². The van der Waals surface area contributed by atoms with Gasteiger partial charge in [-0.1, -0.05) is 45.0 Å². The lowest BCUT2D eigenvalue weighted by Gasteiger charge is -2.56. The SMILES string of the molecule is CC12CCC(Cl)C(C)(C)C1CCc1ccccc12. The highest BCUT2D eigenvalue weighted by atomic mass is 35.5. The van der Waals surface area contributed by atoms with E-state index in [9.17, 15) is 0 Å². The van der Waals surface area contributed by atoms with Crippen LogP contribution in [-0.4, -0.2) is 5.38 Å². The van der Waals surface area contributed by atoms with Crippen LogP contribution < -0.4 is 0 Å². The maximum absolute atomic E-state index is 6.62. The van der Waals surface area contributed by atoms with E-state index >= 15 is 0 Å². The van der Waals surface area contributed by atoms with Crippen LogP contribution in [0.3, 0.4) is 0 Å². The van der Waals surface area contributed by atoms with Gasteiger partial charge in [0.2, 0.25) is 0 Å². The number of rotatable bonds is 0. The van der Waals surface area contributed by atoms with Gasteiger partial charge in [0.05, 0.1) is 0 Å². The Hall–Kier alpha value is -0.490. The minimum atomic E-state index is 0.252. The third-order valence-electron chi connectivity index (χ3n) is 5.73. The van der Waals surface area contributed by atoms with Crippen LogP contribution in [0.1, 0.15) is 51.2 Å². The third-order valence-corrected chi connectivity index (χ3v) is 6.51. The Balaban J connectivity index is 2.10. The van der Waals surface area contributed by atoms with Gasteiger partial charge in [-0.3, -0.25) is 0 Å². The fourth-order valence-electron chi connectivity index (χ4n) is 4.62. The molecule has 0 aliphatic heterocycles. The molecule has 0 bridgehead atoms. The van der Waals surface area contributed by atoms with Gasteiger partial charge in [-0.15, -0.1) is 11.6 Å². The monoisotopic (exact) mass is 262 g/mol. The first-order chi connectivity index (χ1) is 8.46. The zero-order chi connectivity index (χ0) is 13.0. The van der Waals surface area contributed by atoms with Gasteiger partial charge in [0, 0.05) is 5.38 Å². The first kappa shape index (κ1) is 12.5. The van der Waals surface area contributed by atoms with Gasteiger partial charge in [-0.25, -0.2) is 0 Å². The molecule has 1 heteroatoms. The predicted octanol–water partition coefficient (Wildman–Crippen LogP) is 4.93. The van der Waals surface area contributed by atoms with Gasteiger partial charge in [0.1, 0.15) is 0 Å². The molecule has 3 atom stereocenters. The molecule has 1 aromatic rings. The number of aryl methyl sites for hydroxylation is 1. The molecule has 1 aromatic carbocycles. The van der Waals surface area contributed by atoms with Crippen molar-refractivity contribution in [3.8, 4) is 0 Å². The van der Waals surface area contributed by atoms with Crippen LogP contribution in [0.25, 0.3) is 0 Å². The van der Waals surface area contributed by atoms with Crippen LogP contribution in [0.5, 0.6) is 0 Å². The summed E-state index contributed by atoms with van der Waals surface area (Å²) in [5.74, 6) is 0.719. The highest BCUT2D eigenvalue weighted by molar-refractivity contribution is 6.21. The molecule has 1 fully saturated rings. The molecule has 0 aromatic heterocycles. The summed E-state index contributed by atoms with van der Waals surface area (Å²) in [5, 5.41) is 0.334. The molecule has 0 heterocycles. The molecule has 3 unspecified atom stereocenters. The predicted molar refractivity (Wildman–Crippen MR) is 78.3 cm³/mol. The maximum Gasteiger partial charge on any atom is 0.0390 e. The van der Waals surface area contributed by atoms with E-state index < -0.39 is 0 Å². The van der Waals surface area contributed by atoms with Crippen LogP contribution >= 0.6 is 11.6 Å². The van der Waals surface area contributed by atoms with Crippen LogP contribution in [-0.2, 0) is 11.8 Å². The van der Waals surface area contributed by atoms with Crippen molar-refractivity contribution in [2.45, 2.75) is 57.2 Å². The van der Waals surface area contributed by atoms with Crippen molar-refractivity contribution in [1.82, 2.24) is 0 Å². The molecule has 2 aliphatic rings. The average Bonchev–Trinajstić information content (AvgIpc) is 2.35. The van der Waals surface area contributed by atoms with E-state index in [2.05, 4.69) is 45.0 Å². The number of hydrogen-bond acceptors (Lipinski definition) is 0. The quantitative estimate of drug-likeness (QED) is 0.582. The van der Waals surface area contributed by atoms with E-state index in [0.29, 0.717) is 10.8 Å². The largest absolute Gasteiger partial charge is 0.122 e. The van der Waals surface area contributed by atoms with Gasteiger partial charge < -0.3 is 0 Å². The second-order valence-corrected chi connectivity index (χ2v) is 7.52. The lowest BCUT2D eigenvalue weighted by Crippen LogP contribution is -2.52. The van der Waals surface area contributed by atoms with Crippen molar-refractivity contribution in [2.75, 3.05) is 0 Å². The second kappa shape index (κ2) is 4.00. The number of benzene rings is 1. The summed E-state index contributed by atoms with van der Waals surface area (Å²) in [7, 11) is 0. The molecule has 0 spiro atoms. The van der Waals surface area contributed by atoms with Crippen molar-refractivity contribution < 1.29 is 0 Å². The molecule has 2 aliphatic carbocycles. The third kappa shape index (κ3) is 1.58. The minimum Gasteiger partial charge on any atom is -0.122 e. The summed E-state index contributed by atoms with van der Waals surface area (Å²) in [4.78, 5) is 0. The Kier molecular flexibility index (Phi) is 2.79. The minimum absolute atomic E-state index is 0.252. The molecule has 0 radical (unpaired) electrons. The molecular formula is C17H23Cl. The molecular weight excluding hydrogens is 240 g/mol. The lowest BCUT2D eigenvalue weighted by atomic mass is 9.50. The topological polar surface area (TPSA) is 0 Å². The standard InChI is InChI=1S/C17H23Cl/c1-16(2)14-9-8-12-6-4-5-7-13(12)17(14,3)11-10-15(16)18/h4-7,14-15H,8-11H2,1-3H3. The Bertz CT molecular complexity index is 462. The van der Waals surface area contributed by atoms with E-state index in [1.807, 2.05) is 0 Å². The van der Waals surface area contributed by atoms with Crippen LogP contribution in [0.4, 0.5) is 0 Å². The zero-order valence-corrected chi connectivity index (χ0v) is 12.4. The highest BCUT2D eigenvalue weighted by Crippen LogP contribution is 2.58.